The van der Waals surface area contributed by atoms with Crippen molar-refractivity contribution in [2.45, 2.75) is 31.5 Å². The zero-order valence-electron chi connectivity index (χ0n) is 8.60. The first-order valence-corrected chi connectivity index (χ1v) is 5.32. The Bertz CT molecular complexity index is 371. The lowest BCUT2D eigenvalue weighted by Crippen LogP contribution is -2.34. The summed E-state index contributed by atoms with van der Waals surface area (Å²) in [5.74, 6) is 0. The van der Waals surface area contributed by atoms with Gasteiger partial charge in [-0.15, -0.1) is 0 Å². The summed E-state index contributed by atoms with van der Waals surface area (Å²) >= 11 is 0. The van der Waals surface area contributed by atoms with Gasteiger partial charge >= 0.3 is 0 Å². The van der Waals surface area contributed by atoms with Crippen molar-refractivity contribution in [2.75, 3.05) is 6.54 Å². The van der Waals surface area contributed by atoms with Crippen molar-refractivity contribution in [3.05, 3.63) is 34.7 Å². The van der Waals surface area contributed by atoms with E-state index in [1.54, 1.807) is 18.3 Å². The van der Waals surface area contributed by atoms with Crippen molar-refractivity contribution >= 4 is 0 Å². The Hall–Kier alpha value is -1.13. The van der Waals surface area contributed by atoms with Gasteiger partial charge in [-0.2, -0.15) is 0 Å². The Labute approximate surface area is 88.6 Å². The van der Waals surface area contributed by atoms with Gasteiger partial charge in [0.05, 0.1) is 12.6 Å². The van der Waals surface area contributed by atoms with E-state index in [2.05, 4.69) is 5.32 Å². The predicted molar refractivity (Wildman–Crippen MR) is 57.7 cm³/mol. The zero-order chi connectivity index (χ0) is 10.7. The van der Waals surface area contributed by atoms with Gasteiger partial charge in [0.1, 0.15) is 0 Å². The molecule has 1 aliphatic carbocycles. The van der Waals surface area contributed by atoms with Crippen molar-refractivity contribution in [2.24, 2.45) is 0 Å². The third-order valence-electron chi connectivity index (χ3n) is 2.53. The standard InChI is InChI=1S/C11H16N2O2/c14-10(7-12-9-4-5-9)8-13-6-2-1-3-11(13)15/h1-3,6,9-10,12,14H,4-5,7-8H2. The van der Waals surface area contributed by atoms with Gasteiger partial charge in [-0.3, -0.25) is 4.79 Å². The van der Waals surface area contributed by atoms with Crippen molar-refractivity contribution in [1.82, 2.24) is 9.88 Å². The lowest BCUT2D eigenvalue weighted by Gasteiger charge is -2.12. The summed E-state index contributed by atoms with van der Waals surface area (Å²) in [4.78, 5) is 11.3. The molecule has 1 saturated carbocycles. The number of hydrogen-bond donors (Lipinski definition) is 2. The van der Waals surface area contributed by atoms with E-state index in [1.807, 2.05) is 0 Å². The molecule has 1 aromatic rings. The molecule has 1 atom stereocenters. The molecule has 1 aliphatic rings. The van der Waals surface area contributed by atoms with Gasteiger partial charge in [-0.05, 0) is 18.9 Å². The van der Waals surface area contributed by atoms with Crippen LogP contribution in [0.1, 0.15) is 12.8 Å². The predicted octanol–water partition coefficient (Wildman–Crippen LogP) is -0.0388. The first-order valence-electron chi connectivity index (χ1n) is 5.32. The number of aromatic nitrogens is 1. The molecule has 15 heavy (non-hydrogen) atoms. The molecule has 0 aliphatic heterocycles. The molecule has 0 saturated heterocycles. The molecular formula is C11H16N2O2. The number of nitrogens with zero attached hydrogens (tertiary/aromatic N) is 1. The molecule has 4 heteroatoms. The minimum Gasteiger partial charge on any atom is -0.390 e. The van der Waals surface area contributed by atoms with Crippen LogP contribution < -0.4 is 10.9 Å². The first-order chi connectivity index (χ1) is 7.25. The Balaban J connectivity index is 1.84. The molecule has 0 bridgehead atoms. The van der Waals surface area contributed by atoms with Crippen LogP contribution in [0.4, 0.5) is 0 Å². The average molecular weight is 208 g/mol. The Morgan fingerprint density at radius 1 is 1.53 bits per heavy atom. The highest BCUT2D eigenvalue weighted by molar-refractivity contribution is 4.93. The first kappa shape index (κ1) is 10.4. The number of aliphatic hydroxyl groups excluding tert-OH is 1. The minimum atomic E-state index is -0.495. The van der Waals surface area contributed by atoms with Gasteiger partial charge in [0, 0.05) is 24.8 Å². The molecule has 0 spiro atoms. The topological polar surface area (TPSA) is 54.3 Å². The second-order valence-electron chi connectivity index (χ2n) is 4.03. The smallest absolute Gasteiger partial charge is 0.250 e. The van der Waals surface area contributed by atoms with Crippen LogP contribution in [-0.2, 0) is 6.54 Å². The van der Waals surface area contributed by atoms with Crippen LogP contribution in [0.15, 0.2) is 29.2 Å². The van der Waals surface area contributed by atoms with Gasteiger partial charge in [-0.25, -0.2) is 0 Å². The molecule has 82 valence electrons. The van der Waals surface area contributed by atoms with Crippen LogP contribution in [-0.4, -0.2) is 28.4 Å². The maximum absolute atomic E-state index is 11.3. The molecule has 1 unspecified atom stereocenters. The minimum absolute atomic E-state index is 0.0667. The summed E-state index contributed by atoms with van der Waals surface area (Å²) < 4.78 is 1.53. The van der Waals surface area contributed by atoms with Crippen molar-refractivity contribution < 1.29 is 5.11 Å². The van der Waals surface area contributed by atoms with Gasteiger partial charge in [0.25, 0.3) is 5.56 Å². The van der Waals surface area contributed by atoms with E-state index in [9.17, 15) is 9.90 Å². The fourth-order valence-electron chi connectivity index (χ4n) is 1.49. The highest BCUT2D eigenvalue weighted by Gasteiger charge is 2.21. The van der Waals surface area contributed by atoms with Crippen molar-refractivity contribution in [1.29, 1.82) is 0 Å². The molecule has 0 amide bonds. The van der Waals surface area contributed by atoms with Crippen molar-refractivity contribution in [3.8, 4) is 0 Å². The Morgan fingerprint density at radius 2 is 2.33 bits per heavy atom. The number of pyridine rings is 1. The van der Waals surface area contributed by atoms with Gasteiger partial charge in [0.2, 0.25) is 0 Å². The summed E-state index contributed by atoms with van der Waals surface area (Å²) in [5, 5.41) is 12.9. The normalized spacial score (nSPS) is 17.7. The fourth-order valence-corrected chi connectivity index (χ4v) is 1.49. The molecule has 1 aromatic heterocycles. The van der Waals surface area contributed by atoms with Crippen molar-refractivity contribution in [3.63, 3.8) is 0 Å². The second kappa shape index (κ2) is 4.59. The molecule has 2 rings (SSSR count). The van der Waals surface area contributed by atoms with E-state index in [4.69, 9.17) is 0 Å². The molecule has 2 N–H and O–H groups in total. The van der Waals surface area contributed by atoms with Crippen LogP contribution in [0.25, 0.3) is 0 Å². The van der Waals surface area contributed by atoms with Crippen LogP contribution >= 0.6 is 0 Å². The monoisotopic (exact) mass is 208 g/mol. The second-order valence-corrected chi connectivity index (χ2v) is 4.03. The molecular weight excluding hydrogens is 192 g/mol. The number of nitrogens with one attached hydrogen (secondary N) is 1. The summed E-state index contributed by atoms with van der Waals surface area (Å²) in [5.41, 5.74) is -0.0667. The highest BCUT2D eigenvalue weighted by atomic mass is 16.3. The van der Waals surface area contributed by atoms with Gasteiger partial charge < -0.3 is 15.0 Å². The zero-order valence-corrected chi connectivity index (χ0v) is 8.60. The Kier molecular flexibility index (Phi) is 3.18. The average Bonchev–Trinajstić information content (AvgIpc) is 3.02. The van der Waals surface area contributed by atoms with Crippen LogP contribution in [0, 0.1) is 0 Å². The molecule has 0 aromatic carbocycles. The van der Waals surface area contributed by atoms with E-state index in [1.165, 1.54) is 23.5 Å². The summed E-state index contributed by atoms with van der Waals surface area (Å²) in [6.07, 6.45) is 3.62. The lowest BCUT2D eigenvalue weighted by molar-refractivity contribution is 0.149. The SMILES string of the molecule is O=c1ccccn1CC(O)CNC1CC1. The lowest BCUT2D eigenvalue weighted by atomic mass is 10.3. The van der Waals surface area contributed by atoms with Crippen LogP contribution in [0.3, 0.4) is 0 Å². The summed E-state index contributed by atoms with van der Waals surface area (Å²) in [6.45, 7) is 0.922. The Morgan fingerprint density at radius 3 is 3.00 bits per heavy atom. The maximum Gasteiger partial charge on any atom is 0.250 e. The van der Waals surface area contributed by atoms with E-state index in [0.717, 1.165) is 0 Å². The third-order valence-corrected chi connectivity index (χ3v) is 2.53. The fraction of sp³-hybridized carbons (Fsp3) is 0.545. The van der Waals surface area contributed by atoms with E-state index < -0.39 is 6.10 Å². The van der Waals surface area contributed by atoms with E-state index in [0.29, 0.717) is 19.1 Å². The molecule has 1 fully saturated rings. The highest BCUT2D eigenvalue weighted by Crippen LogP contribution is 2.18. The number of aliphatic hydroxyl groups is 1. The summed E-state index contributed by atoms with van der Waals surface area (Å²) in [6, 6.07) is 5.59. The number of rotatable bonds is 5. The van der Waals surface area contributed by atoms with Gasteiger partial charge in [-0.1, -0.05) is 6.07 Å². The summed E-state index contributed by atoms with van der Waals surface area (Å²) in [7, 11) is 0. The van der Waals surface area contributed by atoms with Gasteiger partial charge in [0.15, 0.2) is 0 Å². The largest absolute Gasteiger partial charge is 0.390 e. The van der Waals surface area contributed by atoms with E-state index >= 15 is 0 Å². The van der Waals surface area contributed by atoms with Crippen LogP contribution in [0.5, 0.6) is 0 Å². The number of hydrogen-bond acceptors (Lipinski definition) is 3. The maximum atomic E-state index is 11.3. The van der Waals surface area contributed by atoms with E-state index in [-0.39, 0.29) is 5.56 Å². The quantitative estimate of drug-likeness (QED) is 0.714. The molecule has 0 radical (unpaired) electrons. The molecule has 4 nitrogen and oxygen atoms in total. The van der Waals surface area contributed by atoms with Crippen LogP contribution in [0.2, 0.25) is 0 Å². The molecule has 1 heterocycles. The third kappa shape index (κ3) is 3.18.